The van der Waals surface area contributed by atoms with Gasteiger partial charge in [-0.05, 0) is 18.8 Å². The van der Waals surface area contributed by atoms with Gasteiger partial charge in [0.05, 0.1) is 0 Å². The Hall–Kier alpha value is -0.500. The van der Waals surface area contributed by atoms with Gasteiger partial charge >= 0.3 is 0 Å². The summed E-state index contributed by atoms with van der Waals surface area (Å²) in [5.41, 5.74) is 0.999. The Bertz CT molecular complexity index is 211. The van der Waals surface area contributed by atoms with Crippen molar-refractivity contribution in [2.75, 3.05) is 14.1 Å². The van der Waals surface area contributed by atoms with Crippen LogP contribution in [0.4, 0.5) is 0 Å². The van der Waals surface area contributed by atoms with Gasteiger partial charge in [-0.25, -0.2) is 0 Å². The van der Waals surface area contributed by atoms with Crippen LogP contribution in [0.15, 0.2) is 11.8 Å². The smallest absolute Gasteiger partial charge is 0.160 e. The van der Waals surface area contributed by atoms with E-state index < -0.39 is 0 Å². The van der Waals surface area contributed by atoms with Crippen LogP contribution < -0.4 is 0 Å². The van der Waals surface area contributed by atoms with Crippen molar-refractivity contribution in [2.24, 2.45) is 5.92 Å². The minimum Gasteiger partial charge on any atom is -0.383 e. The van der Waals surface area contributed by atoms with Crippen molar-refractivity contribution in [1.29, 1.82) is 0 Å². The summed E-state index contributed by atoms with van der Waals surface area (Å²) in [5.74, 6) is 1.01. The normalized spacial score (nSPS) is 25.6. The summed E-state index contributed by atoms with van der Waals surface area (Å²) in [6, 6.07) is 0. The highest BCUT2D eigenvalue weighted by atomic mass is 35.5. The molecule has 0 aromatic carbocycles. The molecule has 0 spiro atoms. The molecule has 0 aromatic rings. The van der Waals surface area contributed by atoms with E-state index in [1.165, 1.54) is 0 Å². The summed E-state index contributed by atoms with van der Waals surface area (Å²) in [4.78, 5) is 13.3. The summed E-state index contributed by atoms with van der Waals surface area (Å²) in [6.45, 7) is 2.20. The third-order valence-corrected chi connectivity index (χ3v) is 2.20. The topological polar surface area (TPSA) is 20.3 Å². The van der Waals surface area contributed by atoms with Crippen molar-refractivity contribution in [2.45, 2.75) is 26.2 Å². The summed E-state index contributed by atoms with van der Waals surface area (Å²) in [7, 11) is 3.92. The van der Waals surface area contributed by atoms with Gasteiger partial charge in [0.25, 0.3) is 0 Å². The van der Waals surface area contributed by atoms with E-state index in [2.05, 4.69) is 6.92 Å². The summed E-state index contributed by atoms with van der Waals surface area (Å²) in [5, 5.41) is 0. The molecule has 0 aliphatic heterocycles. The lowest BCUT2D eigenvalue weighted by Gasteiger charge is -2.20. The van der Waals surface area contributed by atoms with E-state index in [0.717, 1.165) is 24.8 Å². The second kappa shape index (κ2) is 5.28. The van der Waals surface area contributed by atoms with Crippen LogP contribution in [0.5, 0.6) is 0 Å². The molecule has 0 radical (unpaired) electrons. The fraction of sp³-hybridized carbons (Fsp3) is 0.700. The van der Waals surface area contributed by atoms with E-state index in [9.17, 15) is 4.79 Å². The number of allylic oxidation sites excluding steroid dienone is 1. The third kappa shape index (κ3) is 3.81. The quantitative estimate of drug-likeness (QED) is 0.610. The van der Waals surface area contributed by atoms with Gasteiger partial charge in [-0.15, -0.1) is 12.4 Å². The van der Waals surface area contributed by atoms with Gasteiger partial charge in [-0.3, -0.25) is 4.79 Å². The highest BCUT2D eigenvalue weighted by Crippen LogP contribution is 2.25. The van der Waals surface area contributed by atoms with Crippen LogP contribution in [0, 0.1) is 5.92 Å². The molecule has 0 heterocycles. The fourth-order valence-electron chi connectivity index (χ4n) is 1.57. The van der Waals surface area contributed by atoms with E-state index in [1.54, 1.807) is 0 Å². The number of nitrogens with zero attached hydrogens (tertiary/aromatic N) is 1. The SMILES string of the molecule is CC1CCC(=O)C(=CN(C)C)C1.Cl. The van der Waals surface area contributed by atoms with Crippen molar-refractivity contribution in [3.05, 3.63) is 11.8 Å². The average molecular weight is 204 g/mol. The molecule has 3 heteroatoms. The molecule has 76 valence electrons. The number of hydrogen-bond donors (Lipinski definition) is 0. The van der Waals surface area contributed by atoms with Crippen molar-refractivity contribution in [3.8, 4) is 0 Å². The Morgan fingerprint density at radius 3 is 2.62 bits per heavy atom. The molecule has 0 aromatic heterocycles. The first kappa shape index (κ1) is 12.5. The third-order valence-electron chi connectivity index (χ3n) is 2.20. The number of halogens is 1. The molecule has 1 aliphatic rings. The fourth-order valence-corrected chi connectivity index (χ4v) is 1.57. The van der Waals surface area contributed by atoms with Gasteiger partial charge in [0.15, 0.2) is 5.78 Å². The Morgan fingerprint density at radius 1 is 1.46 bits per heavy atom. The predicted octanol–water partition coefficient (Wildman–Crippen LogP) is 2.24. The zero-order valence-electron chi connectivity index (χ0n) is 8.54. The van der Waals surface area contributed by atoms with E-state index in [-0.39, 0.29) is 12.4 Å². The first-order valence-corrected chi connectivity index (χ1v) is 4.50. The zero-order valence-corrected chi connectivity index (χ0v) is 9.36. The van der Waals surface area contributed by atoms with Crippen LogP contribution in [0.3, 0.4) is 0 Å². The lowest BCUT2D eigenvalue weighted by Crippen LogP contribution is -2.17. The molecule has 1 aliphatic carbocycles. The number of ketones is 1. The minimum absolute atomic E-state index is 0. The average Bonchev–Trinajstić information content (AvgIpc) is 1.96. The molecule has 1 saturated carbocycles. The molecule has 1 rings (SSSR count). The number of carbonyl (C=O) groups is 1. The molecule has 0 amide bonds. The molecule has 0 saturated heterocycles. The second-order valence-electron chi connectivity index (χ2n) is 3.89. The monoisotopic (exact) mass is 203 g/mol. The molecular formula is C10H18ClNO. The largest absolute Gasteiger partial charge is 0.383 e. The number of carbonyl (C=O) groups excluding carboxylic acids is 1. The Labute approximate surface area is 86.4 Å². The highest BCUT2D eigenvalue weighted by Gasteiger charge is 2.20. The number of rotatable bonds is 1. The first-order chi connectivity index (χ1) is 5.59. The van der Waals surface area contributed by atoms with Gasteiger partial charge in [-0.2, -0.15) is 0 Å². The Balaban J connectivity index is 0.00000144. The molecule has 13 heavy (non-hydrogen) atoms. The van der Waals surface area contributed by atoms with Gasteiger partial charge in [0.2, 0.25) is 0 Å². The highest BCUT2D eigenvalue weighted by molar-refractivity contribution is 5.95. The summed E-state index contributed by atoms with van der Waals surface area (Å²) < 4.78 is 0. The van der Waals surface area contributed by atoms with Crippen LogP contribution in [-0.2, 0) is 4.79 Å². The van der Waals surface area contributed by atoms with Crippen LogP contribution >= 0.6 is 12.4 Å². The lowest BCUT2D eigenvalue weighted by atomic mass is 9.86. The first-order valence-electron chi connectivity index (χ1n) is 4.50. The van der Waals surface area contributed by atoms with Crippen molar-refractivity contribution < 1.29 is 4.79 Å². The van der Waals surface area contributed by atoms with Crippen LogP contribution in [0.1, 0.15) is 26.2 Å². The van der Waals surface area contributed by atoms with E-state index in [4.69, 9.17) is 0 Å². The molecule has 2 nitrogen and oxygen atoms in total. The lowest BCUT2D eigenvalue weighted by molar-refractivity contribution is -0.117. The molecule has 1 atom stereocenters. The van der Waals surface area contributed by atoms with E-state index >= 15 is 0 Å². The Morgan fingerprint density at radius 2 is 2.08 bits per heavy atom. The van der Waals surface area contributed by atoms with Crippen molar-refractivity contribution >= 4 is 18.2 Å². The van der Waals surface area contributed by atoms with Crippen molar-refractivity contribution in [3.63, 3.8) is 0 Å². The maximum Gasteiger partial charge on any atom is 0.160 e. The molecule has 0 bridgehead atoms. The second-order valence-corrected chi connectivity index (χ2v) is 3.89. The molecule has 1 unspecified atom stereocenters. The number of hydrogen-bond acceptors (Lipinski definition) is 2. The minimum atomic E-state index is 0. The van der Waals surface area contributed by atoms with Crippen molar-refractivity contribution in [1.82, 2.24) is 4.90 Å². The van der Waals surface area contributed by atoms with Gasteiger partial charge in [-0.1, -0.05) is 6.92 Å². The molecule has 0 N–H and O–H groups in total. The van der Waals surface area contributed by atoms with E-state index in [1.807, 2.05) is 25.2 Å². The molecular weight excluding hydrogens is 186 g/mol. The molecule has 1 fully saturated rings. The van der Waals surface area contributed by atoms with Gasteiger partial charge in [0.1, 0.15) is 0 Å². The summed E-state index contributed by atoms with van der Waals surface area (Å²) in [6.07, 6.45) is 4.71. The van der Waals surface area contributed by atoms with Crippen LogP contribution in [-0.4, -0.2) is 24.8 Å². The van der Waals surface area contributed by atoms with Crippen LogP contribution in [0.2, 0.25) is 0 Å². The Kier molecular flexibility index (Phi) is 5.07. The van der Waals surface area contributed by atoms with Gasteiger partial charge < -0.3 is 4.90 Å². The van der Waals surface area contributed by atoms with Crippen LogP contribution in [0.25, 0.3) is 0 Å². The standard InChI is InChI=1S/C10H17NO.ClH/c1-8-4-5-10(12)9(6-8)7-11(2)3;/h7-8H,4-6H2,1-3H3;1H. The zero-order chi connectivity index (χ0) is 9.14. The number of Topliss-reactive ketones (excluding diaryl/α,β-unsaturated/α-hetero) is 1. The van der Waals surface area contributed by atoms with E-state index in [0.29, 0.717) is 11.7 Å². The predicted molar refractivity (Wildman–Crippen MR) is 57.0 cm³/mol. The maximum atomic E-state index is 11.4. The summed E-state index contributed by atoms with van der Waals surface area (Å²) >= 11 is 0. The van der Waals surface area contributed by atoms with Gasteiger partial charge in [0, 0.05) is 32.3 Å². The maximum absolute atomic E-state index is 11.4.